The molecule has 1 aromatic heterocycles. The van der Waals surface area contributed by atoms with Crippen molar-refractivity contribution in [2.75, 3.05) is 0 Å². The van der Waals surface area contributed by atoms with Gasteiger partial charge in [0.2, 0.25) is 0 Å². The third-order valence-electron chi connectivity index (χ3n) is 1.05. The Morgan fingerprint density at radius 3 is 3.09 bits per heavy atom. The van der Waals surface area contributed by atoms with Crippen molar-refractivity contribution < 1.29 is 0 Å². The van der Waals surface area contributed by atoms with E-state index in [4.69, 9.17) is 16.9 Å². The van der Waals surface area contributed by atoms with Gasteiger partial charge in [0.15, 0.2) is 0 Å². The van der Waals surface area contributed by atoms with Gasteiger partial charge in [0, 0.05) is 12.3 Å². The maximum absolute atomic E-state index is 8.28. The van der Waals surface area contributed by atoms with Gasteiger partial charge in [0.05, 0.1) is 21.0 Å². The molecule has 0 fully saturated rings. The van der Waals surface area contributed by atoms with Crippen molar-refractivity contribution in [3.63, 3.8) is 0 Å². The Morgan fingerprint density at radius 1 is 1.91 bits per heavy atom. The third-order valence-corrected chi connectivity index (χ3v) is 2.42. The lowest BCUT2D eigenvalue weighted by molar-refractivity contribution is 1.30. The van der Waals surface area contributed by atoms with Crippen molar-refractivity contribution >= 4 is 28.0 Å². The van der Waals surface area contributed by atoms with Crippen LogP contribution in [0.2, 0.25) is 0 Å². The predicted octanol–water partition coefficient (Wildman–Crippen LogP) is 2.55. The average Bonchev–Trinajstić information content (AvgIpc) is 2.36. The molecular formula is C7H5ClN2S. The van der Waals surface area contributed by atoms with Gasteiger partial charge in [-0.25, -0.2) is 4.98 Å². The Kier molecular flexibility index (Phi) is 2.64. The van der Waals surface area contributed by atoms with Crippen LogP contribution >= 0.6 is 22.9 Å². The van der Waals surface area contributed by atoms with E-state index in [1.165, 1.54) is 17.4 Å². The van der Waals surface area contributed by atoms with Crippen LogP contribution in [0.5, 0.6) is 0 Å². The van der Waals surface area contributed by atoms with Crippen molar-refractivity contribution in [3.05, 3.63) is 22.2 Å². The average molecular weight is 185 g/mol. The summed E-state index contributed by atoms with van der Waals surface area (Å²) >= 11 is 7.20. The maximum Gasteiger partial charge on any atom is 0.0928 e. The molecule has 0 unspecified atom stereocenters. The molecule has 1 heterocycles. The standard InChI is InChI=1S/C7H5ClN2S/c1-5-10-4-7(11-5)6(8)2-3-9/h2,4H,1H3/b6-2-. The van der Waals surface area contributed by atoms with Crippen LogP contribution in [0.4, 0.5) is 0 Å². The number of hydrogen-bond donors (Lipinski definition) is 0. The van der Waals surface area contributed by atoms with Gasteiger partial charge in [-0.15, -0.1) is 11.3 Å². The zero-order chi connectivity index (χ0) is 8.27. The predicted molar refractivity (Wildman–Crippen MR) is 46.3 cm³/mol. The number of hydrogen-bond acceptors (Lipinski definition) is 3. The SMILES string of the molecule is Cc1ncc(/C(Cl)=C/C#N)s1. The lowest BCUT2D eigenvalue weighted by atomic mass is 10.4. The topological polar surface area (TPSA) is 36.7 Å². The number of rotatable bonds is 1. The van der Waals surface area contributed by atoms with Gasteiger partial charge in [-0.05, 0) is 6.92 Å². The zero-order valence-corrected chi connectivity index (χ0v) is 7.41. The van der Waals surface area contributed by atoms with Crippen LogP contribution in [0.1, 0.15) is 9.88 Å². The molecule has 0 aromatic carbocycles. The third kappa shape index (κ3) is 2.04. The van der Waals surface area contributed by atoms with Crippen LogP contribution in [0.3, 0.4) is 0 Å². The molecule has 0 atom stereocenters. The summed E-state index contributed by atoms with van der Waals surface area (Å²) in [6, 6.07) is 1.86. The molecule has 1 rings (SSSR count). The summed E-state index contributed by atoms with van der Waals surface area (Å²) in [6.45, 7) is 1.89. The molecule has 0 aliphatic heterocycles. The molecule has 11 heavy (non-hydrogen) atoms. The fourth-order valence-electron chi connectivity index (χ4n) is 0.600. The van der Waals surface area contributed by atoms with Crippen LogP contribution in [0.25, 0.3) is 5.03 Å². The summed E-state index contributed by atoms with van der Waals surface area (Å²) < 4.78 is 0. The van der Waals surface area contributed by atoms with E-state index in [1.54, 1.807) is 6.20 Å². The Hall–Kier alpha value is -0.850. The van der Waals surface area contributed by atoms with E-state index in [1.807, 2.05) is 13.0 Å². The van der Waals surface area contributed by atoms with Gasteiger partial charge in [0.1, 0.15) is 0 Å². The van der Waals surface area contributed by atoms with Gasteiger partial charge in [-0.2, -0.15) is 5.26 Å². The normalized spacial score (nSPS) is 11.2. The molecule has 0 amide bonds. The van der Waals surface area contributed by atoms with Gasteiger partial charge in [0.25, 0.3) is 0 Å². The number of aryl methyl sites for hydroxylation is 1. The highest BCUT2D eigenvalue weighted by atomic mass is 35.5. The number of nitrogens with zero attached hydrogens (tertiary/aromatic N) is 2. The first-order valence-corrected chi connectivity index (χ1v) is 4.11. The fraction of sp³-hybridized carbons (Fsp3) is 0.143. The van der Waals surface area contributed by atoms with E-state index in [2.05, 4.69) is 4.98 Å². The number of halogens is 1. The Bertz CT molecular complexity index is 321. The van der Waals surface area contributed by atoms with E-state index in [-0.39, 0.29) is 0 Å². The highest BCUT2D eigenvalue weighted by Gasteiger charge is 2.00. The van der Waals surface area contributed by atoms with E-state index in [0.29, 0.717) is 5.03 Å². The van der Waals surface area contributed by atoms with Crippen LogP contribution < -0.4 is 0 Å². The van der Waals surface area contributed by atoms with Crippen LogP contribution in [0.15, 0.2) is 12.3 Å². The van der Waals surface area contributed by atoms with Crippen molar-refractivity contribution in [1.82, 2.24) is 4.98 Å². The molecule has 56 valence electrons. The second kappa shape index (κ2) is 3.51. The minimum Gasteiger partial charge on any atom is -0.249 e. The smallest absolute Gasteiger partial charge is 0.0928 e. The number of nitriles is 1. The summed E-state index contributed by atoms with van der Waals surface area (Å²) in [6.07, 6.45) is 2.96. The van der Waals surface area contributed by atoms with Crippen LogP contribution in [-0.2, 0) is 0 Å². The molecule has 2 nitrogen and oxygen atoms in total. The number of allylic oxidation sites excluding steroid dienone is 1. The first-order chi connectivity index (χ1) is 5.24. The largest absolute Gasteiger partial charge is 0.249 e. The highest BCUT2D eigenvalue weighted by molar-refractivity contribution is 7.13. The first kappa shape index (κ1) is 8.25. The summed E-state index contributed by atoms with van der Waals surface area (Å²) in [4.78, 5) is 4.84. The van der Waals surface area contributed by atoms with E-state index < -0.39 is 0 Å². The van der Waals surface area contributed by atoms with Gasteiger partial charge in [-0.3, -0.25) is 0 Å². The monoisotopic (exact) mass is 184 g/mol. The Balaban J connectivity index is 2.95. The number of aromatic nitrogens is 1. The molecule has 0 N–H and O–H groups in total. The molecule has 0 saturated heterocycles. The molecule has 0 saturated carbocycles. The minimum atomic E-state index is 0.457. The van der Waals surface area contributed by atoms with Gasteiger partial charge in [-0.1, -0.05) is 11.6 Å². The van der Waals surface area contributed by atoms with E-state index in [9.17, 15) is 0 Å². The molecule has 0 aliphatic carbocycles. The minimum absolute atomic E-state index is 0.457. The highest BCUT2D eigenvalue weighted by Crippen LogP contribution is 2.23. The second-order valence-corrected chi connectivity index (χ2v) is 3.51. The summed E-state index contributed by atoms with van der Waals surface area (Å²) in [5.74, 6) is 0. The Morgan fingerprint density at radius 2 is 2.64 bits per heavy atom. The molecular weight excluding hydrogens is 180 g/mol. The van der Waals surface area contributed by atoms with Crippen molar-refractivity contribution in [1.29, 1.82) is 5.26 Å². The van der Waals surface area contributed by atoms with E-state index in [0.717, 1.165) is 9.88 Å². The lowest BCUT2D eigenvalue weighted by Gasteiger charge is -1.85. The van der Waals surface area contributed by atoms with E-state index >= 15 is 0 Å². The van der Waals surface area contributed by atoms with Crippen molar-refractivity contribution in [2.24, 2.45) is 0 Å². The lowest BCUT2D eigenvalue weighted by Crippen LogP contribution is -1.64. The van der Waals surface area contributed by atoms with Gasteiger partial charge >= 0.3 is 0 Å². The summed E-state index contributed by atoms with van der Waals surface area (Å²) in [5, 5.41) is 9.68. The van der Waals surface area contributed by atoms with Crippen molar-refractivity contribution in [2.45, 2.75) is 6.92 Å². The first-order valence-electron chi connectivity index (χ1n) is 2.92. The molecule has 0 bridgehead atoms. The molecule has 0 spiro atoms. The zero-order valence-electron chi connectivity index (χ0n) is 5.84. The maximum atomic E-state index is 8.28. The second-order valence-electron chi connectivity index (χ2n) is 1.86. The van der Waals surface area contributed by atoms with Crippen LogP contribution in [-0.4, -0.2) is 4.98 Å². The summed E-state index contributed by atoms with van der Waals surface area (Å²) in [5.41, 5.74) is 0. The summed E-state index contributed by atoms with van der Waals surface area (Å²) in [7, 11) is 0. The Labute approximate surface area is 73.8 Å². The van der Waals surface area contributed by atoms with Gasteiger partial charge < -0.3 is 0 Å². The molecule has 4 heteroatoms. The van der Waals surface area contributed by atoms with Crippen molar-refractivity contribution in [3.8, 4) is 6.07 Å². The molecule has 1 aromatic rings. The molecule has 0 aliphatic rings. The number of thiazole rings is 1. The quantitative estimate of drug-likeness (QED) is 0.629. The fourth-order valence-corrected chi connectivity index (χ4v) is 1.50. The molecule has 0 radical (unpaired) electrons. The van der Waals surface area contributed by atoms with Crippen LogP contribution in [0, 0.1) is 18.3 Å².